The summed E-state index contributed by atoms with van der Waals surface area (Å²) in [5.74, 6) is 2.75. The maximum atomic E-state index is 4.59. The molecule has 2 heterocycles. The van der Waals surface area contributed by atoms with E-state index in [0.29, 0.717) is 12.6 Å². The Morgan fingerprint density at radius 1 is 1.25 bits per heavy atom. The lowest BCUT2D eigenvalue weighted by Crippen LogP contribution is -2.38. The number of rotatable bonds is 9. The first-order chi connectivity index (χ1) is 13.7. The van der Waals surface area contributed by atoms with Gasteiger partial charge < -0.3 is 15.2 Å². The van der Waals surface area contributed by atoms with Crippen molar-refractivity contribution in [1.82, 2.24) is 40.2 Å². The van der Waals surface area contributed by atoms with Crippen LogP contribution in [0.4, 0.5) is 0 Å². The van der Waals surface area contributed by atoms with Crippen molar-refractivity contribution >= 4 is 17.7 Å². The molecule has 10 heteroatoms. The molecule has 0 amide bonds. The van der Waals surface area contributed by atoms with Crippen molar-refractivity contribution in [3.05, 3.63) is 18.0 Å². The second-order valence-corrected chi connectivity index (χ2v) is 7.71. The minimum absolute atomic E-state index is 0.499. The number of aliphatic imine (C=N–C) groups is 1. The molecule has 0 atom stereocenters. The van der Waals surface area contributed by atoms with Crippen LogP contribution in [0.15, 0.2) is 16.5 Å². The Labute approximate surface area is 170 Å². The van der Waals surface area contributed by atoms with Crippen molar-refractivity contribution in [2.75, 3.05) is 19.3 Å². The average Bonchev–Trinajstić information content (AvgIpc) is 3.43. The van der Waals surface area contributed by atoms with Crippen molar-refractivity contribution in [2.45, 2.75) is 63.2 Å². The normalized spacial score (nSPS) is 15.3. The van der Waals surface area contributed by atoms with E-state index in [0.717, 1.165) is 48.7 Å². The molecule has 0 bridgehead atoms. The molecular formula is C18H31N9S. The topological polar surface area (TPSA) is 97.8 Å². The van der Waals surface area contributed by atoms with Gasteiger partial charge in [-0.2, -0.15) is 5.10 Å². The van der Waals surface area contributed by atoms with Crippen LogP contribution in [0.2, 0.25) is 0 Å². The van der Waals surface area contributed by atoms with E-state index in [1.54, 1.807) is 22.8 Å². The van der Waals surface area contributed by atoms with Crippen LogP contribution in [0, 0.1) is 0 Å². The van der Waals surface area contributed by atoms with Crippen molar-refractivity contribution < 1.29 is 0 Å². The maximum Gasteiger partial charge on any atom is 0.191 e. The van der Waals surface area contributed by atoms with Crippen molar-refractivity contribution in [2.24, 2.45) is 12.0 Å². The third-order valence-corrected chi connectivity index (χ3v) is 5.65. The highest BCUT2D eigenvalue weighted by atomic mass is 32.2. The number of guanidine groups is 1. The first kappa shape index (κ1) is 20.6. The van der Waals surface area contributed by atoms with Crippen LogP contribution in [0.5, 0.6) is 0 Å². The molecule has 2 aromatic heterocycles. The zero-order valence-corrected chi connectivity index (χ0v) is 17.9. The zero-order chi connectivity index (χ0) is 19.8. The van der Waals surface area contributed by atoms with Gasteiger partial charge in [0.15, 0.2) is 11.1 Å². The van der Waals surface area contributed by atoms with Crippen LogP contribution in [-0.4, -0.2) is 54.8 Å². The average molecular weight is 406 g/mol. The molecule has 9 nitrogen and oxygen atoms in total. The molecule has 0 saturated heterocycles. The van der Waals surface area contributed by atoms with E-state index in [9.17, 15) is 0 Å². The Kier molecular flexibility index (Phi) is 7.70. The summed E-state index contributed by atoms with van der Waals surface area (Å²) < 4.78 is 4.12. The maximum absolute atomic E-state index is 4.59. The molecule has 0 unspecified atom stereocenters. The number of nitrogens with zero attached hydrogens (tertiary/aromatic N) is 7. The quantitative estimate of drug-likeness (QED) is 0.285. The molecule has 1 aliphatic rings. The molecular weight excluding hydrogens is 374 g/mol. The van der Waals surface area contributed by atoms with E-state index < -0.39 is 0 Å². The fraction of sp³-hybridized carbons (Fsp3) is 0.722. The van der Waals surface area contributed by atoms with Gasteiger partial charge in [0.2, 0.25) is 0 Å². The molecule has 3 rings (SSSR count). The van der Waals surface area contributed by atoms with E-state index in [2.05, 4.69) is 53.7 Å². The molecule has 0 radical (unpaired) electrons. The smallest absolute Gasteiger partial charge is 0.191 e. The number of thioether (sulfide) groups is 1. The Bertz CT molecular complexity index is 761. The van der Waals surface area contributed by atoms with Gasteiger partial charge in [0.1, 0.15) is 24.5 Å². The standard InChI is InChI=1S/C18H31N9S/c1-4-19-17(21-12-16-22-13-23-26(16)2)20-11-7-10-15-24-25-18(28-3)27(15)14-8-5-6-9-14/h13-14H,4-12H2,1-3H3,(H2,19,20,21). The van der Waals surface area contributed by atoms with E-state index in [4.69, 9.17) is 0 Å². The molecule has 1 fully saturated rings. The van der Waals surface area contributed by atoms with Crippen LogP contribution < -0.4 is 10.6 Å². The van der Waals surface area contributed by atoms with E-state index in [1.165, 1.54) is 25.7 Å². The van der Waals surface area contributed by atoms with Gasteiger partial charge in [-0.05, 0) is 32.4 Å². The zero-order valence-electron chi connectivity index (χ0n) is 17.1. The van der Waals surface area contributed by atoms with Gasteiger partial charge in [-0.3, -0.25) is 4.68 Å². The first-order valence-electron chi connectivity index (χ1n) is 10.1. The van der Waals surface area contributed by atoms with Crippen LogP contribution in [0.3, 0.4) is 0 Å². The highest BCUT2D eigenvalue weighted by molar-refractivity contribution is 7.98. The fourth-order valence-electron chi connectivity index (χ4n) is 3.55. The lowest BCUT2D eigenvalue weighted by Gasteiger charge is -2.16. The largest absolute Gasteiger partial charge is 0.357 e. The summed E-state index contributed by atoms with van der Waals surface area (Å²) in [5, 5.41) is 20.7. The summed E-state index contributed by atoms with van der Waals surface area (Å²) in [6.45, 7) is 4.21. The van der Waals surface area contributed by atoms with Gasteiger partial charge in [0.05, 0.1) is 0 Å². The third-order valence-electron chi connectivity index (χ3n) is 5.01. The summed E-state index contributed by atoms with van der Waals surface area (Å²) in [5.41, 5.74) is 0. The van der Waals surface area contributed by atoms with Gasteiger partial charge in [0.25, 0.3) is 0 Å². The predicted molar refractivity (Wildman–Crippen MR) is 111 cm³/mol. The fourth-order valence-corrected chi connectivity index (χ4v) is 4.13. The molecule has 0 spiro atoms. The number of hydrogen-bond donors (Lipinski definition) is 2. The Balaban J connectivity index is 1.52. The van der Waals surface area contributed by atoms with Crippen molar-refractivity contribution in [3.63, 3.8) is 0 Å². The van der Waals surface area contributed by atoms with Gasteiger partial charge in [0, 0.05) is 32.6 Å². The monoisotopic (exact) mass is 405 g/mol. The summed E-state index contributed by atoms with van der Waals surface area (Å²) in [4.78, 5) is 8.80. The molecule has 28 heavy (non-hydrogen) atoms. The Hall–Kier alpha value is -2.10. The molecule has 154 valence electrons. The molecule has 1 saturated carbocycles. The van der Waals surface area contributed by atoms with Gasteiger partial charge in [-0.1, -0.05) is 24.6 Å². The number of hydrogen-bond acceptors (Lipinski definition) is 6. The number of nitrogens with one attached hydrogen (secondary N) is 2. The van der Waals surface area contributed by atoms with Crippen LogP contribution >= 0.6 is 11.8 Å². The SMILES string of the molecule is CCNC(=NCc1ncnn1C)NCCCc1nnc(SC)n1C1CCCC1. The summed E-state index contributed by atoms with van der Waals surface area (Å²) in [6, 6.07) is 0.575. The summed E-state index contributed by atoms with van der Waals surface area (Å²) in [7, 11) is 1.88. The third kappa shape index (κ3) is 5.24. The van der Waals surface area contributed by atoms with Gasteiger partial charge in [-0.15, -0.1) is 10.2 Å². The lowest BCUT2D eigenvalue weighted by molar-refractivity contribution is 0.460. The highest BCUT2D eigenvalue weighted by Crippen LogP contribution is 2.33. The second kappa shape index (κ2) is 10.4. The molecule has 0 aromatic carbocycles. The lowest BCUT2D eigenvalue weighted by atomic mass is 10.2. The second-order valence-electron chi connectivity index (χ2n) is 6.94. The molecule has 2 N–H and O–H groups in total. The van der Waals surface area contributed by atoms with Crippen molar-refractivity contribution in [1.29, 1.82) is 0 Å². The number of aryl methyl sites for hydroxylation is 2. The van der Waals surface area contributed by atoms with Gasteiger partial charge >= 0.3 is 0 Å². The van der Waals surface area contributed by atoms with Crippen LogP contribution in [0.1, 0.15) is 56.7 Å². The Morgan fingerprint density at radius 3 is 2.75 bits per heavy atom. The van der Waals surface area contributed by atoms with E-state index in [-0.39, 0.29) is 0 Å². The van der Waals surface area contributed by atoms with E-state index >= 15 is 0 Å². The Morgan fingerprint density at radius 2 is 2.07 bits per heavy atom. The molecule has 0 aliphatic heterocycles. The predicted octanol–water partition coefficient (Wildman–Crippen LogP) is 1.93. The van der Waals surface area contributed by atoms with Crippen LogP contribution in [-0.2, 0) is 20.0 Å². The minimum atomic E-state index is 0.499. The van der Waals surface area contributed by atoms with E-state index in [1.807, 2.05) is 7.05 Å². The van der Waals surface area contributed by atoms with Gasteiger partial charge in [-0.25, -0.2) is 9.98 Å². The highest BCUT2D eigenvalue weighted by Gasteiger charge is 2.23. The summed E-state index contributed by atoms with van der Waals surface area (Å²) in [6.07, 6.45) is 10.6. The minimum Gasteiger partial charge on any atom is -0.357 e. The van der Waals surface area contributed by atoms with Crippen molar-refractivity contribution in [3.8, 4) is 0 Å². The summed E-state index contributed by atoms with van der Waals surface area (Å²) >= 11 is 1.69. The molecule has 1 aliphatic carbocycles. The van der Waals surface area contributed by atoms with Crippen LogP contribution in [0.25, 0.3) is 0 Å². The molecule has 2 aromatic rings. The first-order valence-corrected chi connectivity index (χ1v) is 11.3. The number of aromatic nitrogens is 6.